The molecular weight excluding hydrogens is 222 g/mol. The highest BCUT2D eigenvalue weighted by molar-refractivity contribution is 4.66. The molecule has 0 bridgehead atoms. The van der Waals surface area contributed by atoms with Crippen LogP contribution in [0.5, 0.6) is 0 Å². The molecule has 0 aliphatic rings. The number of nitrogens with two attached hydrogens (primary N) is 1. The van der Waals surface area contributed by atoms with E-state index in [-0.39, 0.29) is 0 Å². The molecule has 0 fully saturated rings. The summed E-state index contributed by atoms with van der Waals surface area (Å²) in [5.74, 6) is 0. The summed E-state index contributed by atoms with van der Waals surface area (Å²) in [4.78, 5) is 0. The Kier molecular flexibility index (Phi) is 14.8. The van der Waals surface area contributed by atoms with Crippen molar-refractivity contribution >= 4 is 0 Å². The van der Waals surface area contributed by atoms with Crippen LogP contribution in [-0.2, 0) is 0 Å². The van der Waals surface area contributed by atoms with Gasteiger partial charge < -0.3 is 16.4 Å². The highest BCUT2D eigenvalue weighted by Gasteiger charge is 2.05. The largest absolute Gasteiger partial charge is 0.330 e. The molecule has 0 aromatic heterocycles. The third-order valence-electron chi connectivity index (χ3n) is 3.31. The van der Waals surface area contributed by atoms with Gasteiger partial charge in [-0.15, -0.1) is 0 Å². The number of rotatable bonds is 14. The van der Waals surface area contributed by atoms with Crippen LogP contribution in [0.25, 0.3) is 0 Å². The lowest BCUT2D eigenvalue weighted by atomic mass is 10.1. The molecule has 3 heteroatoms. The van der Waals surface area contributed by atoms with Gasteiger partial charge in [0.05, 0.1) is 0 Å². The van der Waals surface area contributed by atoms with Gasteiger partial charge in [-0.05, 0) is 58.3 Å². The van der Waals surface area contributed by atoms with Crippen LogP contribution in [0.3, 0.4) is 0 Å². The average molecular weight is 257 g/mol. The van der Waals surface area contributed by atoms with Gasteiger partial charge in [-0.25, -0.2) is 0 Å². The molecule has 0 rings (SSSR count). The molecule has 0 aromatic carbocycles. The Morgan fingerprint density at radius 1 is 0.833 bits per heavy atom. The first kappa shape index (κ1) is 17.9. The Balaban J connectivity index is 3.31. The molecule has 0 saturated heterocycles. The molecule has 110 valence electrons. The Morgan fingerprint density at radius 3 is 2.28 bits per heavy atom. The lowest BCUT2D eigenvalue weighted by molar-refractivity contribution is 0.428. The molecule has 0 radical (unpaired) electrons. The van der Waals surface area contributed by atoms with E-state index in [0.29, 0.717) is 0 Å². The standard InChI is InChI=1S/C15H35N3/c1-3-5-10-15(9-4-2)18-14-8-13-17-12-7-6-11-16/h15,17-18H,3-14,16H2,1-2H3. The van der Waals surface area contributed by atoms with Gasteiger partial charge in [-0.2, -0.15) is 0 Å². The minimum Gasteiger partial charge on any atom is -0.330 e. The molecular formula is C15H35N3. The van der Waals surface area contributed by atoms with Crippen LogP contribution in [-0.4, -0.2) is 32.2 Å². The first-order chi connectivity index (χ1) is 8.85. The van der Waals surface area contributed by atoms with Gasteiger partial charge in [-0.1, -0.05) is 33.1 Å². The third-order valence-corrected chi connectivity index (χ3v) is 3.31. The summed E-state index contributed by atoms with van der Waals surface area (Å²) in [7, 11) is 0. The SMILES string of the molecule is CCCCC(CCC)NCCCNCCCCN. The van der Waals surface area contributed by atoms with Crippen LogP contribution < -0.4 is 16.4 Å². The van der Waals surface area contributed by atoms with Crippen LogP contribution in [0, 0.1) is 0 Å². The van der Waals surface area contributed by atoms with Crippen LogP contribution in [0.15, 0.2) is 0 Å². The Morgan fingerprint density at radius 2 is 1.61 bits per heavy atom. The summed E-state index contributed by atoms with van der Waals surface area (Å²) in [6, 6.07) is 0.743. The van der Waals surface area contributed by atoms with E-state index in [1.807, 2.05) is 0 Å². The molecule has 0 saturated carbocycles. The van der Waals surface area contributed by atoms with E-state index < -0.39 is 0 Å². The summed E-state index contributed by atoms with van der Waals surface area (Å²) in [5.41, 5.74) is 5.45. The molecule has 0 aliphatic carbocycles. The first-order valence-corrected chi connectivity index (χ1v) is 7.99. The van der Waals surface area contributed by atoms with E-state index in [2.05, 4.69) is 24.5 Å². The zero-order valence-electron chi connectivity index (χ0n) is 12.6. The number of nitrogens with one attached hydrogen (secondary N) is 2. The quantitative estimate of drug-likeness (QED) is 0.419. The summed E-state index contributed by atoms with van der Waals surface area (Å²) < 4.78 is 0. The molecule has 0 aromatic rings. The van der Waals surface area contributed by atoms with Gasteiger partial charge >= 0.3 is 0 Å². The van der Waals surface area contributed by atoms with Crippen molar-refractivity contribution in [1.29, 1.82) is 0 Å². The fraction of sp³-hybridized carbons (Fsp3) is 1.00. The van der Waals surface area contributed by atoms with Crippen LogP contribution in [0.2, 0.25) is 0 Å². The zero-order chi connectivity index (χ0) is 13.5. The number of hydrogen-bond acceptors (Lipinski definition) is 3. The van der Waals surface area contributed by atoms with Gasteiger partial charge in [0.2, 0.25) is 0 Å². The normalized spacial score (nSPS) is 12.8. The molecule has 0 aliphatic heterocycles. The molecule has 18 heavy (non-hydrogen) atoms. The van der Waals surface area contributed by atoms with Gasteiger partial charge in [0.1, 0.15) is 0 Å². The summed E-state index contributed by atoms with van der Waals surface area (Å²) >= 11 is 0. The fourth-order valence-corrected chi connectivity index (χ4v) is 2.19. The van der Waals surface area contributed by atoms with Gasteiger partial charge in [0, 0.05) is 6.04 Å². The first-order valence-electron chi connectivity index (χ1n) is 7.99. The molecule has 1 unspecified atom stereocenters. The fourth-order valence-electron chi connectivity index (χ4n) is 2.19. The van der Waals surface area contributed by atoms with E-state index in [9.17, 15) is 0 Å². The van der Waals surface area contributed by atoms with Crippen molar-refractivity contribution in [2.45, 2.75) is 71.3 Å². The predicted molar refractivity (Wildman–Crippen MR) is 82.0 cm³/mol. The molecule has 0 amide bonds. The minimum absolute atomic E-state index is 0.743. The second kappa shape index (κ2) is 14.9. The summed E-state index contributed by atoms with van der Waals surface area (Å²) in [6.45, 7) is 8.77. The van der Waals surface area contributed by atoms with Crippen molar-refractivity contribution < 1.29 is 0 Å². The second-order valence-electron chi connectivity index (χ2n) is 5.18. The van der Waals surface area contributed by atoms with E-state index in [1.54, 1.807) is 0 Å². The van der Waals surface area contributed by atoms with Crippen molar-refractivity contribution in [2.24, 2.45) is 5.73 Å². The molecule has 0 spiro atoms. The van der Waals surface area contributed by atoms with Gasteiger partial charge in [-0.3, -0.25) is 0 Å². The second-order valence-corrected chi connectivity index (χ2v) is 5.18. The Bertz CT molecular complexity index is 151. The van der Waals surface area contributed by atoms with Crippen LogP contribution in [0.1, 0.15) is 65.2 Å². The van der Waals surface area contributed by atoms with Crippen molar-refractivity contribution in [3.63, 3.8) is 0 Å². The summed E-state index contributed by atoms with van der Waals surface area (Å²) in [5, 5.41) is 7.17. The van der Waals surface area contributed by atoms with Gasteiger partial charge in [0.25, 0.3) is 0 Å². The van der Waals surface area contributed by atoms with E-state index in [1.165, 1.54) is 44.9 Å². The maximum Gasteiger partial charge on any atom is 0.00669 e. The van der Waals surface area contributed by atoms with Crippen molar-refractivity contribution in [2.75, 3.05) is 26.2 Å². The van der Waals surface area contributed by atoms with Crippen molar-refractivity contribution in [3.8, 4) is 0 Å². The minimum atomic E-state index is 0.743. The topological polar surface area (TPSA) is 50.1 Å². The molecule has 4 N–H and O–H groups in total. The zero-order valence-corrected chi connectivity index (χ0v) is 12.6. The lowest BCUT2D eigenvalue weighted by Gasteiger charge is -2.17. The van der Waals surface area contributed by atoms with Crippen molar-refractivity contribution in [1.82, 2.24) is 10.6 Å². The van der Waals surface area contributed by atoms with E-state index >= 15 is 0 Å². The Labute approximate surface area is 114 Å². The number of hydrogen-bond donors (Lipinski definition) is 3. The van der Waals surface area contributed by atoms with E-state index in [4.69, 9.17) is 5.73 Å². The highest BCUT2D eigenvalue weighted by Crippen LogP contribution is 2.06. The maximum absolute atomic E-state index is 5.45. The smallest absolute Gasteiger partial charge is 0.00669 e. The van der Waals surface area contributed by atoms with Crippen molar-refractivity contribution in [3.05, 3.63) is 0 Å². The molecule has 1 atom stereocenters. The molecule has 0 heterocycles. The average Bonchev–Trinajstić information content (AvgIpc) is 2.39. The Hall–Kier alpha value is -0.120. The summed E-state index contributed by atoms with van der Waals surface area (Å²) in [6.07, 6.45) is 10.2. The molecule has 3 nitrogen and oxygen atoms in total. The van der Waals surface area contributed by atoms with E-state index in [0.717, 1.165) is 38.6 Å². The predicted octanol–water partition coefficient (Wildman–Crippen LogP) is 2.65. The monoisotopic (exact) mass is 257 g/mol. The highest BCUT2D eigenvalue weighted by atomic mass is 14.9. The third kappa shape index (κ3) is 12.3. The van der Waals surface area contributed by atoms with Crippen LogP contribution >= 0.6 is 0 Å². The number of unbranched alkanes of at least 4 members (excludes halogenated alkanes) is 2. The maximum atomic E-state index is 5.45. The van der Waals surface area contributed by atoms with Crippen LogP contribution in [0.4, 0.5) is 0 Å². The van der Waals surface area contributed by atoms with Gasteiger partial charge in [0.15, 0.2) is 0 Å². The lowest BCUT2D eigenvalue weighted by Crippen LogP contribution is -2.31.